The second-order valence-electron chi connectivity index (χ2n) is 7.60. The fourth-order valence-corrected chi connectivity index (χ4v) is 4.86. The SMILES string of the molecule is Cc1ccc2c(c1)sc(=O)n2CC1CCN(CC(=O)c2ccc(F)cc2)CC1.Cl. The molecule has 0 spiro atoms. The molecule has 3 aromatic rings. The van der Waals surface area contributed by atoms with Crippen LogP contribution in [0.5, 0.6) is 0 Å². The van der Waals surface area contributed by atoms with Gasteiger partial charge >= 0.3 is 4.87 Å². The quantitative estimate of drug-likeness (QED) is 0.554. The predicted molar refractivity (Wildman–Crippen MR) is 118 cm³/mol. The van der Waals surface area contributed by atoms with Gasteiger partial charge in [0.25, 0.3) is 0 Å². The van der Waals surface area contributed by atoms with Crippen molar-refractivity contribution in [2.24, 2.45) is 5.92 Å². The molecule has 0 saturated carbocycles. The highest BCUT2D eigenvalue weighted by atomic mass is 35.5. The smallest absolute Gasteiger partial charge is 0.298 e. The van der Waals surface area contributed by atoms with Crippen LogP contribution >= 0.6 is 23.7 Å². The number of ketones is 1. The van der Waals surface area contributed by atoms with Crippen LogP contribution in [0.4, 0.5) is 4.39 Å². The maximum absolute atomic E-state index is 13.0. The molecule has 1 saturated heterocycles. The van der Waals surface area contributed by atoms with Crippen LogP contribution in [0.25, 0.3) is 10.2 Å². The summed E-state index contributed by atoms with van der Waals surface area (Å²) in [6.45, 7) is 4.82. The second kappa shape index (κ2) is 9.20. The number of halogens is 2. The number of rotatable bonds is 5. The number of carbonyl (C=O) groups excluding carboxylic acids is 1. The van der Waals surface area contributed by atoms with Crippen molar-refractivity contribution in [3.8, 4) is 0 Å². The first kappa shape index (κ1) is 21.7. The maximum Gasteiger partial charge on any atom is 0.308 e. The molecule has 0 atom stereocenters. The summed E-state index contributed by atoms with van der Waals surface area (Å²) in [5.41, 5.74) is 2.74. The fraction of sp³-hybridized carbons (Fsp3) is 0.364. The number of nitrogens with zero attached hydrogens (tertiary/aromatic N) is 2. The summed E-state index contributed by atoms with van der Waals surface area (Å²) in [6.07, 6.45) is 1.93. The lowest BCUT2D eigenvalue weighted by atomic mass is 9.96. The number of thiazole rings is 1. The van der Waals surface area contributed by atoms with Gasteiger partial charge in [-0.3, -0.25) is 19.1 Å². The Bertz CT molecular complexity index is 1050. The van der Waals surface area contributed by atoms with E-state index in [1.807, 2.05) is 17.6 Å². The molecule has 2 heterocycles. The van der Waals surface area contributed by atoms with Gasteiger partial charge in [-0.25, -0.2) is 4.39 Å². The minimum absolute atomic E-state index is 0. The number of piperidine rings is 1. The molecule has 4 nitrogen and oxygen atoms in total. The largest absolute Gasteiger partial charge is 0.308 e. The van der Waals surface area contributed by atoms with Gasteiger partial charge in [0.2, 0.25) is 0 Å². The molecule has 29 heavy (non-hydrogen) atoms. The second-order valence-corrected chi connectivity index (χ2v) is 8.59. The Labute approximate surface area is 179 Å². The maximum atomic E-state index is 13.0. The first-order valence-corrected chi connectivity index (χ1v) is 10.4. The van der Waals surface area contributed by atoms with Gasteiger partial charge in [-0.05, 0) is 80.7 Å². The van der Waals surface area contributed by atoms with Crippen LogP contribution < -0.4 is 4.87 Å². The summed E-state index contributed by atoms with van der Waals surface area (Å²) in [5, 5.41) is 0. The van der Waals surface area contributed by atoms with E-state index in [0.29, 0.717) is 18.0 Å². The van der Waals surface area contributed by atoms with Crippen molar-refractivity contribution in [3.63, 3.8) is 0 Å². The van der Waals surface area contributed by atoms with Crippen LogP contribution in [-0.2, 0) is 6.54 Å². The van der Waals surface area contributed by atoms with E-state index in [1.165, 1.54) is 29.0 Å². The number of hydrogen-bond donors (Lipinski definition) is 0. The number of fused-ring (bicyclic) bond motifs is 1. The summed E-state index contributed by atoms with van der Waals surface area (Å²) < 4.78 is 16.0. The fourth-order valence-electron chi connectivity index (χ4n) is 3.86. The van der Waals surface area contributed by atoms with Gasteiger partial charge in [-0.2, -0.15) is 0 Å². The monoisotopic (exact) mass is 434 g/mol. The van der Waals surface area contributed by atoms with E-state index < -0.39 is 0 Å². The highest BCUT2D eigenvalue weighted by Gasteiger charge is 2.23. The molecule has 7 heteroatoms. The van der Waals surface area contributed by atoms with E-state index >= 15 is 0 Å². The van der Waals surface area contributed by atoms with E-state index in [0.717, 1.165) is 42.7 Å². The van der Waals surface area contributed by atoms with Crippen molar-refractivity contribution in [2.75, 3.05) is 19.6 Å². The summed E-state index contributed by atoms with van der Waals surface area (Å²) in [7, 11) is 0. The third kappa shape index (κ3) is 4.94. The third-order valence-corrected chi connectivity index (χ3v) is 6.45. The zero-order valence-electron chi connectivity index (χ0n) is 16.3. The van der Waals surface area contributed by atoms with Gasteiger partial charge in [-0.1, -0.05) is 17.4 Å². The molecule has 1 fully saturated rings. The van der Waals surface area contributed by atoms with Gasteiger partial charge in [0.15, 0.2) is 5.78 Å². The number of carbonyl (C=O) groups is 1. The lowest BCUT2D eigenvalue weighted by Gasteiger charge is -2.31. The first-order valence-electron chi connectivity index (χ1n) is 9.61. The van der Waals surface area contributed by atoms with E-state index in [-0.39, 0.29) is 28.9 Å². The van der Waals surface area contributed by atoms with E-state index in [4.69, 9.17) is 0 Å². The Morgan fingerprint density at radius 2 is 1.83 bits per heavy atom. The molecule has 0 aliphatic carbocycles. The number of hydrogen-bond acceptors (Lipinski definition) is 4. The molecule has 1 aliphatic rings. The molecule has 0 unspecified atom stereocenters. The van der Waals surface area contributed by atoms with Crippen molar-refractivity contribution in [2.45, 2.75) is 26.3 Å². The molecule has 1 aromatic heterocycles. The summed E-state index contributed by atoms with van der Waals surface area (Å²) in [6, 6.07) is 11.9. The Balaban J connectivity index is 0.00000240. The Kier molecular flexibility index (Phi) is 6.88. The first-order chi connectivity index (χ1) is 13.5. The molecule has 4 rings (SSSR count). The van der Waals surface area contributed by atoms with E-state index in [9.17, 15) is 14.0 Å². The van der Waals surface area contributed by atoms with Gasteiger partial charge in [0.05, 0.1) is 16.8 Å². The highest BCUT2D eigenvalue weighted by Crippen LogP contribution is 2.24. The number of likely N-dealkylation sites (tertiary alicyclic amines) is 1. The molecule has 0 amide bonds. The number of aryl methyl sites for hydroxylation is 1. The lowest BCUT2D eigenvalue weighted by molar-refractivity contribution is 0.0890. The van der Waals surface area contributed by atoms with Gasteiger partial charge < -0.3 is 0 Å². The average Bonchev–Trinajstić information content (AvgIpc) is 2.98. The van der Waals surface area contributed by atoms with Gasteiger partial charge in [0, 0.05) is 12.1 Å². The standard InChI is InChI=1S/C22H23FN2O2S.ClH/c1-15-2-7-19-21(12-15)28-22(27)25(19)13-16-8-10-24(11-9-16)14-20(26)17-3-5-18(23)6-4-17;/h2-7,12,16H,8-11,13-14H2,1H3;1H. The lowest BCUT2D eigenvalue weighted by Crippen LogP contribution is -2.38. The zero-order valence-corrected chi connectivity index (χ0v) is 17.9. The molecular formula is C22H24ClFN2O2S. The highest BCUT2D eigenvalue weighted by molar-refractivity contribution is 7.16. The van der Waals surface area contributed by atoms with Crippen LogP contribution in [0.15, 0.2) is 47.3 Å². The molecule has 2 aromatic carbocycles. The van der Waals surface area contributed by atoms with Crippen LogP contribution in [-0.4, -0.2) is 34.9 Å². The normalized spacial score (nSPS) is 15.4. The zero-order chi connectivity index (χ0) is 19.7. The summed E-state index contributed by atoms with van der Waals surface area (Å²) in [4.78, 5) is 27.0. The van der Waals surface area contributed by atoms with Crippen molar-refractivity contribution in [3.05, 3.63) is 69.1 Å². The van der Waals surface area contributed by atoms with Crippen molar-refractivity contribution >= 4 is 39.7 Å². The molecule has 154 valence electrons. The minimum Gasteiger partial charge on any atom is -0.298 e. The van der Waals surface area contributed by atoms with Gasteiger partial charge in [0.1, 0.15) is 5.82 Å². The summed E-state index contributed by atoms with van der Waals surface area (Å²) >= 11 is 1.31. The van der Waals surface area contributed by atoms with Crippen LogP contribution in [0.1, 0.15) is 28.8 Å². The van der Waals surface area contributed by atoms with Crippen LogP contribution in [0.2, 0.25) is 0 Å². The number of benzene rings is 2. The van der Waals surface area contributed by atoms with Crippen LogP contribution in [0, 0.1) is 18.7 Å². The van der Waals surface area contributed by atoms with E-state index in [1.54, 1.807) is 12.1 Å². The molecule has 0 bridgehead atoms. The Morgan fingerprint density at radius 3 is 2.52 bits per heavy atom. The number of aromatic nitrogens is 1. The molecule has 0 N–H and O–H groups in total. The molecule has 0 radical (unpaired) electrons. The Hall–Kier alpha value is -2.02. The Morgan fingerprint density at radius 1 is 1.14 bits per heavy atom. The summed E-state index contributed by atoms with van der Waals surface area (Å²) in [5.74, 6) is 0.131. The van der Waals surface area contributed by atoms with Crippen LogP contribution in [0.3, 0.4) is 0 Å². The van der Waals surface area contributed by atoms with E-state index in [2.05, 4.69) is 17.0 Å². The molecule has 1 aliphatic heterocycles. The topological polar surface area (TPSA) is 42.3 Å². The van der Waals surface area contributed by atoms with Crippen molar-refractivity contribution in [1.29, 1.82) is 0 Å². The van der Waals surface area contributed by atoms with Crippen molar-refractivity contribution < 1.29 is 9.18 Å². The van der Waals surface area contributed by atoms with Crippen molar-refractivity contribution in [1.82, 2.24) is 9.47 Å². The minimum atomic E-state index is -0.330. The molecular weight excluding hydrogens is 411 g/mol. The average molecular weight is 435 g/mol. The third-order valence-electron chi connectivity index (χ3n) is 5.51. The van der Waals surface area contributed by atoms with Gasteiger partial charge in [-0.15, -0.1) is 12.4 Å². The number of Topliss-reactive ketones (excluding diaryl/α,β-unsaturated/α-hetero) is 1. The predicted octanol–water partition coefficient (Wildman–Crippen LogP) is 4.53.